The largest absolute Gasteiger partial charge is 0.461 e. The molecule has 0 bridgehead atoms. The van der Waals surface area contributed by atoms with Crippen LogP contribution in [-0.2, 0) is 9.53 Å². The van der Waals surface area contributed by atoms with Crippen molar-refractivity contribution in [2.24, 2.45) is 11.7 Å². The summed E-state index contributed by atoms with van der Waals surface area (Å²) in [4.78, 5) is 11.9. The van der Waals surface area contributed by atoms with E-state index in [0.717, 1.165) is 12.8 Å². The van der Waals surface area contributed by atoms with Gasteiger partial charge in [-0.1, -0.05) is 39.5 Å². The third-order valence-electron chi connectivity index (χ3n) is 3.61. The van der Waals surface area contributed by atoms with Gasteiger partial charge < -0.3 is 10.5 Å². The molecule has 0 aliphatic heterocycles. The summed E-state index contributed by atoms with van der Waals surface area (Å²) in [5, 5.41) is 0. The standard InChI is InChI=1S/C15H29NO2/c1-12(2)11-14(16)15(17)18-13-9-7-5-3-4-6-8-10-13/h12-14H,3-11,16H2,1-2H3/t14-/m0/s1. The van der Waals surface area contributed by atoms with Crippen molar-refractivity contribution < 1.29 is 9.53 Å². The molecule has 1 aliphatic rings. The molecule has 0 aromatic rings. The molecule has 2 N–H and O–H groups in total. The third kappa shape index (κ3) is 6.39. The second kappa shape index (κ2) is 8.52. The van der Waals surface area contributed by atoms with E-state index in [1.807, 2.05) is 0 Å². The van der Waals surface area contributed by atoms with Crippen molar-refractivity contribution in [3.8, 4) is 0 Å². The van der Waals surface area contributed by atoms with E-state index in [4.69, 9.17) is 10.5 Å². The summed E-state index contributed by atoms with van der Waals surface area (Å²) in [6.45, 7) is 4.15. The maximum absolute atomic E-state index is 11.9. The molecule has 1 saturated carbocycles. The Morgan fingerprint density at radius 1 is 1.11 bits per heavy atom. The number of hydrogen-bond acceptors (Lipinski definition) is 3. The van der Waals surface area contributed by atoms with Crippen LogP contribution in [-0.4, -0.2) is 18.1 Å². The molecule has 0 spiro atoms. The van der Waals surface area contributed by atoms with Gasteiger partial charge in [-0.3, -0.25) is 4.79 Å². The highest BCUT2D eigenvalue weighted by Crippen LogP contribution is 2.20. The lowest BCUT2D eigenvalue weighted by Crippen LogP contribution is -2.36. The van der Waals surface area contributed by atoms with Gasteiger partial charge in [-0.2, -0.15) is 0 Å². The fraction of sp³-hybridized carbons (Fsp3) is 0.933. The molecular weight excluding hydrogens is 226 g/mol. The Kier molecular flexibility index (Phi) is 7.33. The van der Waals surface area contributed by atoms with Crippen LogP contribution in [0, 0.1) is 5.92 Å². The number of carbonyl (C=O) groups is 1. The minimum Gasteiger partial charge on any atom is -0.461 e. The molecule has 1 atom stereocenters. The number of nitrogens with two attached hydrogens (primary N) is 1. The lowest BCUT2D eigenvalue weighted by atomic mass is 10.0. The summed E-state index contributed by atoms with van der Waals surface area (Å²) in [6.07, 6.45) is 10.4. The molecule has 0 amide bonds. The van der Waals surface area contributed by atoms with Crippen molar-refractivity contribution >= 4 is 5.97 Å². The third-order valence-corrected chi connectivity index (χ3v) is 3.61. The number of carbonyl (C=O) groups excluding carboxylic acids is 1. The topological polar surface area (TPSA) is 52.3 Å². The second-order valence-electron chi connectivity index (χ2n) is 5.99. The van der Waals surface area contributed by atoms with Crippen LogP contribution in [0.25, 0.3) is 0 Å². The van der Waals surface area contributed by atoms with Crippen LogP contribution in [0.2, 0.25) is 0 Å². The van der Waals surface area contributed by atoms with Gasteiger partial charge in [0.2, 0.25) is 0 Å². The Bertz CT molecular complexity index is 231. The van der Waals surface area contributed by atoms with Crippen LogP contribution < -0.4 is 5.73 Å². The highest BCUT2D eigenvalue weighted by Gasteiger charge is 2.21. The van der Waals surface area contributed by atoms with E-state index in [1.165, 1.54) is 38.5 Å². The van der Waals surface area contributed by atoms with Crippen molar-refractivity contribution in [3.05, 3.63) is 0 Å². The summed E-state index contributed by atoms with van der Waals surface area (Å²) < 4.78 is 5.58. The molecule has 0 radical (unpaired) electrons. The van der Waals surface area contributed by atoms with E-state index < -0.39 is 6.04 Å². The molecule has 3 nitrogen and oxygen atoms in total. The van der Waals surface area contributed by atoms with Crippen LogP contribution in [0.3, 0.4) is 0 Å². The molecule has 0 aromatic heterocycles. The lowest BCUT2D eigenvalue weighted by Gasteiger charge is -2.20. The normalized spacial score (nSPS) is 20.9. The van der Waals surface area contributed by atoms with Crippen molar-refractivity contribution in [3.63, 3.8) is 0 Å². The van der Waals surface area contributed by atoms with Crippen LogP contribution in [0.1, 0.15) is 71.6 Å². The average Bonchev–Trinajstić information content (AvgIpc) is 2.42. The Morgan fingerprint density at radius 3 is 2.11 bits per heavy atom. The number of esters is 1. The van der Waals surface area contributed by atoms with Gasteiger partial charge in [0.15, 0.2) is 0 Å². The SMILES string of the molecule is CC(C)C[C@H](N)C(=O)OC1CCCCCCCC1. The van der Waals surface area contributed by atoms with Gasteiger partial charge in [0, 0.05) is 0 Å². The minimum atomic E-state index is -0.447. The first-order chi connectivity index (χ1) is 8.59. The Hall–Kier alpha value is -0.570. The monoisotopic (exact) mass is 255 g/mol. The lowest BCUT2D eigenvalue weighted by molar-refractivity contribution is -0.151. The van der Waals surface area contributed by atoms with Crippen LogP contribution in [0.5, 0.6) is 0 Å². The molecule has 0 saturated heterocycles. The van der Waals surface area contributed by atoms with Crippen molar-refractivity contribution in [2.75, 3.05) is 0 Å². The Labute approximate surface area is 111 Å². The van der Waals surface area contributed by atoms with Crippen molar-refractivity contribution in [1.29, 1.82) is 0 Å². The van der Waals surface area contributed by atoms with E-state index in [9.17, 15) is 4.79 Å². The minimum absolute atomic E-state index is 0.105. The summed E-state index contributed by atoms with van der Waals surface area (Å²) in [5.74, 6) is 0.237. The van der Waals surface area contributed by atoms with Crippen LogP contribution >= 0.6 is 0 Å². The highest BCUT2D eigenvalue weighted by atomic mass is 16.5. The zero-order valence-electron chi connectivity index (χ0n) is 12.0. The first-order valence-corrected chi connectivity index (χ1v) is 7.55. The predicted molar refractivity (Wildman–Crippen MR) is 74.2 cm³/mol. The molecule has 0 unspecified atom stereocenters. The Balaban J connectivity index is 2.35. The van der Waals surface area contributed by atoms with Gasteiger partial charge in [-0.15, -0.1) is 0 Å². The van der Waals surface area contributed by atoms with Crippen LogP contribution in [0.15, 0.2) is 0 Å². The van der Waals surface area contributed by atoms with E-state index in [-0.39, 0.29) is 12.1 Å². The molecular formula is C15H29NO2. The maximum Gasteiger partial charge on any atom is 0.323 e. The van der Waals surface area contributed by atoms with E-state index in [2.05, 4.69) is 13.8 Å². The van der Waals surface area contributed by atoms with Crippen molar-refractivity contribution in [1.82, 2.24) is 0 Å². The van der Waals surface area contributed by atoms with Crippen LogP contribution in [0.4, 0.5) is 0 Å². The summed E-state index contributed by atoms with van der Waals surface area (Å²) in [6, 6.07) is -0.447. The molecule has 0 aromatic carbocycles. The van der Waals surface area contributed by atoms with Crippen molar-refractivity contribution in [2.45, 2.75) is 83.8 Å². The zero-order chi connectivity index (χ0) is 13.4. The molecule has 1 aliphatic carbocycles. The first-order valence-electron chi connectivity index (χ1n) is 7.55. The fourth-order valence-electron chi connectivity index (χ4n) is 2.57. The fourth-order valence-corrected chi connectivity index (χ4v) is 2.57. The van der Waals surface area contributed by atoms with Gasteiger partial charge in [-0.25, -0.2) is 0 Å². The van der Waals surface area contributed by atoms with Gasteiger partial charge in [0.05, 0.1) is 0 Å². The predicted octanol–water partition coefficient (Wildman–Crippen LogP) is 3.41. The molecule has 106 valence electrons. The summed E-state index contributed by atoms with van der Waals surface area (Å²) in [5.41, 5.74) is 5.86. The first kappa shape index (κ1) is 15.5. The van der Waals surface area contributed by atoms with Gasteiger partial charge in [0.25, 0.3) is 0 Å². The van der Waals surface area contributed by atoms with Gasteiger partial charge in [0.1, 0.15) is 12.1 Å². The summed E-state index contributed by atoms with van der Waals surface area (Å²) in [7, 11) is 0. The highest BCUT2D eigenvalue weighted by molar-refractivity contribution is 5.75. The Morgan fingerprint density at radius 2 is 1.61 bits per heavy atom. The number of ether oxygens (including phenoxy) is 1. The van der Waals surface area contributed by atoms with E-state index >= 15 is 0 Å². The molecule has 0 heterocycles. The van der Waals surface area contributed by atoms with E-state index in [1.54, 1.807) is 0 Å². The van der Waals surface area contributed by atoms with E-state index in [0.29, 0.717) is 12.3 Å². The van der Waals surface area contributed by atoms with Gasteiger partial charge >= 0.3 is 5.97 Å². The smallest absolute Gasteiger partial charge is 0.323 e. The maximum atomic E-state index is 11.9. The molecule has 18 heavy (non-hydrogen) atoms. The molecule has 1 fully saturated rings. The summed E-state index contributed by atoms with van der Waals surface area (Å²) >= 11 is 0. The zero-order valence-corrected chi connectivity index (χ0v) is 12.0. The average molecular weight is 255 g/mol. The second-order valence-corrected chi connectivity index (χ2v) is 5.99. The molecule has 3 heteroatoms. The molecule has 1 rings (SSSR count). The quantitative estimate of drug-likeness (QED) is 0.783. The number of rotatable bonds is 4. The van der Waals surface area contributed by atoms with Gasteiger partial charge in [-0.05, 0) is 38.0 Å². The number of hydrogen-bond donors (Lipinski definition) is 1.